The minimum Gasteiger partial charge on any atom is -0.189 e. The molecule has 0 fully saturated rings. The number of hydrogen-bond donors (Lipinski definition) is 0. The first-order chi connectivity index (χ1) is 7.70. The zero-order valence-corrected chi connectivity index (χ0v) is 13.1. The van der Waals surface area contributed by atoms with Crippen LogP contribution < -0.4 is 0 Å². The molecule has 2 aromatic rings. The molecule has 90 valence electrons. The van der Waals surface area contributed by atoms with Crippen molar-refractivity contribution < 1.29 is 19.8 Å². The van der Waals surface area contributed by atoms with Crippen LogP contribution in [0.4, 0.5) is 0 Å². The Hall–Kier alpha value is -1.05. The molecule has 1 heteroatoms. The van der Waals surface area contributed by atoms with Crippen LogP contribution in [-0.2, 0) is 19.8 Å². The van der Waals surface area contributed by atoms with Gasteiger partial charge in [-0.25, -0.2) is 0 Å². The summed E-state index contributed by atoms with van der Waals surface area (Å²) in [6, 6.07) is 21.2. The summed E-state index contributed by atoms with van der Waals surface area (Å²) in [7, 11) is 0. The van der Waals surface area contributed by atoms with E-state index in [4.69, 9.17) is 0 Å². The van der Waals surface area contributed by atoms with Gasteiger partial charge in [0.1, 0.15) is 0 Å². The van der Waals surface area contributed by atoms with Crippen LogP contribution in [-0.4, -0.2) is 0 Å². The number of rotatable bonds is 1. The molecule has 0 bridgehead atoms. The topological polar surface area (TPSA) is 0 Å². The van der Waals surface area contributed by atoms with Crippen molar-refractivity contribution in [2.45, 2.75) is 20.8 Å². The molecule has 2 rings (SSSR count). The molecule has 0 spiro atoms. The standard InChI is InChI=1S/C9H11.C7H7.Os/c1-8(2)9-6-4-3-5-7-9;1-7-5-3-2-4-6-7;/h3-7H,1-2H3;3-6H,1H3;/q2*-1;+2. The predicted octanol–water partition coefficient (Wildman–Crippen LogP) is 4.44. The zero-order valence-electron chi connectivity index (χ0n) is 10.5. The first-order valence-corrected chi connectivity index (χ1v) is 5.48. The summed E-state index contributed by atoms with van der Waals surface area (Å²) in [5.74, 6) is 1.37. The maximum Gasteiger partial charge on any atom is 2.00 e. The predicted molar refractivity (Wildman–Crippen MR) is 70.2 cm³/mol. The number of benzene rings is 2. The monoisotopic (exact) mass is 402 g/mol. The largest absolute Gasteiger partial charge is 2.00 e. The van der Waals surface area contributed by atoms with Gasteiger partial charge in [-0.1, -0.05) is 26.8 Å². The smallest absolute Gasteiger partial charge is 0.189 e. The summed E-state index contributed by atoms with van der Waals surface area (Å²) < 4.78 is 0. The maximum absolute atomic E-state index is 2.93. The minimum atomic E-state index is 0. The van der Waals surface area contributed by atoms with Crippen molar-refractivity contribution in [3.8, 4) is 0 Å². The van der Waals surface area contributed by atoms with Gasteiger partial charge in [0.05, 0.1) is 0 Å². The third kappa shape index (κ3) is 6.98. The fourth-order valence-electron chi connectivity index (χ4n) is 1.24. The average Bonchev–Trinajstić information content (AvgIpc) is 2.32. The molecule has 0 amide bonds. The number of hydrogen-bond acceptors (Lipinski definition) is 0. The molecular weight excluding hydrogens is 382 g/mol. The van der Waals surface area contributed by atoms with Crippen molar-refractivity contribution in [2.24, 2.45) is 0 Å². The van der Waals surface area contributed by atoms with Crippen LogP contribution >= 0.6 is 0 Å². The van der Waals surface area contributed by atoms with Crippen LogP contribution in [0.5, 0.6) is 0 Å². The van der Waals surface area contributed by atoms with E-state index in [9.17, 15) is 0 Å². The molecule has 0 saturated heterocycles. The fourth-order valence-corrected chi connectivity index (χ4v) is 1.24. The molecule has 0 aliphatic carbocycles. The van der Waals surface area contributed by atoms with E-state index >= 15 is 0 Å². The Labute approximate surface area is 118 Å². The normalized spacial score (nSPS) is 8.41. The van der Waals surface area contributed by atoms with Crippen LogP contribution in [0, 0.1) is 18.9 Å². The molecule has 0 atom stereocenters. The molecule has 2 aromatic carbocycles. The Morgan fingerprint density at radius 3 is 1.71 bits per heavy atom. The molecule has 0 nitrogen and oxygen atoms in total. The molecule has 0 aromatic heterocycles. The van der Waals surface area contributed by atoms with Crippen molar-refractivity contribution in [1.82, 2.24) is 0 Å². The van der Waals surface area contributed by atoms with Crippen molar-refractivity contribution in [3.63, 3.8) is 0 Å². The maximum atomic E-state index is 2.93. The Balaban J connectivity index is 0.000000292. The molecule has 0 aliphatic heterocycles. The van der Waals surface area contributed by atoms with Crippen LogP contribution in [0.25, 0.3) is 0 Å². The van der Waals surface area contributed by atoms with Crippen molar-refractivity contribution in [1.29, 1.82) is 0 Å². The molecule has 0 aliphatic rings. The average molecular weight is 401 g/mol. The van der Waals surface area contributed by atoms with Crippen LogP contribution in [0.3, 0.4) is 0 Å². The first kappa shape index (κ1) is 15.9. The van der Waals surface area contributed by atoms with E-state index in [1.807, 2.05) is 30.3 Å². The second-order valence-electron chi connectivity index (χ2n) is 3.94. The molecule has 0 radical (unpaired) electrons. The van der Waals surface area contributed by atoms with E-state index in [2.05, 4.69) is 51.1 Å². The zero-order chi connectivity index (χ0) is 11.8. The van der Waals surface area contributed by atoms with Crippen LogP contribution in [0.1, 0.15) is 25.0 Å². The van der Waals surface area contributed by atoms with E-state index in [1.54, 1.807) is 0 Å². The molecule has 0 N–H and O–H groups in total. The fraction of sp³-hybridized carbons (Fsp3) is 0.188. The molecule has 0 saturated carbocycles. The van der Waals surface area contributed by atoms with Gasteiger partial charge in [0.15, 0.2) is 0 Å². The Morgan fingerprint density at radius 1 is 0.882 bits per heavy atom. The van der Waals surface area contributed by atoms with Crippen molar-refractivity contribution >= 4 is 0 Å². The van der Waals surface area contributed by atoms with E-state index in [0.29, 0.717) is 0 Å². The SMILES string of the molecule is C[C-](C)c1ccccc1.Cc1cc[c-]cc1.[Os+2]. The molecular formula is C16H18Os. The summed E-state index contributed by atoms with van der Waals surface area (Å²) in [6.45, 7) is 6.30. The summed E-state index contributed by atoms with van der Waals surface area (Å²) in [6.07, 6.45) is 0. The van der Waals surface area contributed by atoms with Gasteiger partial charge in [0.2, 0.25) is 0 Å². The van der Waals surface area contributed by atoms with E-state index in [0.717, 1.165) is 0 Å². The quantitative estimate of drug-likeness (QED) is 0.621. The van der Waals surface area contributed by atoms with Gasteiger partial charge >= 0.3 is 19.8 Å². The van der Waals surface area contributed by atoms with Crippen LogP contribution in [0.2, 0.25) is 0 Å². The van der Waals surface area contributed by atoms with Crippen molar-refractivity contribution in [3.05, 3.63) is 77.7 Å². The third-order valence-corrected chi connectivity index (χ3v) is 2.24. The van der Waals surface area contributed by atoms with Crippen LogP contribution in [0.15, 0.2) is 54.6 Å². The van der Waals surface area contributed by atoms with Gasteiger partial charge in [-0.15, -0.1) is 12.1 Å². The number of aryl methyl sites for hydroxylation is 1. The van der Waals surface area contributed by atoms with Gasteiger partial charge in [-0.05, 0) is 0 Å². The Bertz CT molecular complexity index is 379. The van der Waals surface area contributed by atoms with Gasteiger partial charge in [-0.2, -0.15) is 59.5 Å². The molecule has 0 heterocycles. The summed E-state index contributed by atoms with van der Waals surface area (Å²) in [4.78, 5) is 0. The summed E-state index contributed by atoms with van der Waals surface area (Å²) in [5.41, 5.74) is 2.62. The minimum absolute atomic E-state index is 0. The van der Waals surface area contributed by atoms with E-state index in [1.165, 1.54) is 17.0 Å². The summed E-state index contributed by atoms with van der Waals surface area (Å²) in [5, 5.41) is 0. The van der Waals surface area contributed by atoms with E-state index in [-0.39, 0.29) is 19.8 Å². The van der Waals surface area contributed by atoms with Gasteiger partial charge in [0, 0.05) is 0 Å². The third-order valence-electron chi connectivity index (χ3n) is 2.24. The van der Waals surface area contributed by atoms with Crippen molar-refractivity contribution in [2.75, 3.05) is 0 Å². The molecule has 17 heavy (non-hydrogen) atoms. The van der Waals surface area contributed by atoms with Gasteiger partial charge in [0.25, 0.3) is 0 Å². The van der Waals surface area contributed by atoms with Gasteiger partial charge in [-0.3, -0.25) is 0 Å². The second kappa shape index (κ2) is 9.03. The van der Waals surface area contributed by atoms with E-state index < -0.39 is 0 Å². The second-order valence-corrected chi connectivity index (χ2v) is 3.94. The Morgan fingerprint density at radius 2 is 1.41 bits per heavy atom. The summed E-state index contributed by atoms with van der Waals surface area (Å²) >= 11 is 0. The molecule has 0 unspecified atom stereocenters. The first-order valence-electron chi connectivity index (χ1n) is 5.48. The Kier molecular flexibility index (Phi) is 8.47. The van der Waals surface area contributed by atoms with Gasteiger partial charge < -0.3 is 0 Å².